The van der Waals surface area contributed by atoms with Crippen molar-refractivity contribution >= 4 is 34.7 Å². The van der Waals surface area contributed by atoms with Gasteiger partial charge >= 0.3 is 5.69 Å². The molecule has 24 heavy (non-hydrogen) atoms. The van der Waals surface area contributed by atoms with Gasteiger partial charge in [-0.1, -0.05) is 6.82 Å². The third-order valence-electron chi connectivity index (χ3n) is 3.93. The Morgan fingerprint density at radius 3 is 2.75 bits per heavy atom. The van der Waals surface area contributed by atoms with E-state index in [9.17, 15) is 14.4 Å². The van der Waals surface area contributed by atoms with Gasteiger partial charge in [-0.25, -0.2) is 9.36 Å². The molecule has 0 saturated heterocycles. The minimum Gasteiger partial charge on any atom is -0.301 e. The number of hydrogen-bond acceptors (Lipinski definition) is 5. The van der Waals surface area contributed by atoms with E-state index in [4.69, 9.17) is 0 Å². The lowest BCUT2D eigenvalue weighted by atomic mass is 9.75. The second-order valence-electron chi connectivity index (χ2n) is 5.55. The van der Waals surface area contributed by atoms with Crippen molar-refractivity contribution in [3.63, 3.8) is 0 Å². The van der Waals surface area contributed by atoms with E-state index in [0.717, 1.165) is 9.27 Å². The number of ketones is 1. The van der Waals surface area contributed by atoms with Gasteiger partial charge in [-0.05, 0) is 43.0 Å². The summed E-state index contributed by atoms with van der Waals surface area (Å²) in [5.74, 6) is -0.0787. The zero-order valence-electron chi connectivity index (χ0n) is 13.6. The number of carbonyl (C=O) groups is 1. The van der Waals surface area contributed by atoms with E-state index in [0.29, 0.717) is 28.8 Å². The van der Waals surface area contributed by atoms with Crippen LogP contribution in [0.15, 0.2) is 33.9 Å². The Bertz CT molecular complexity index is 1060. The van der Waals surface area contributed by atoms with Crippen LogP contribution in [0.2, 0.25) is 13.1 Å². The normalized spacial score (nSPS) is 11.0. The highest BCUT2D eigenvalue weighted by atomic mass is 32.1. The lowest BCUT2D eigenvalue weighted by Crippen LogP contribution is -2.38. The van der Waals surface area contributed by atoms with Crippen LogP contribution in [0.4, 0.5) is 0 Å². The minimum atomic E-state index is -0.419. The molecule has 2 aromatic heterocycles. The number of fused-ring (bicyclic) bond motifs is 1. The Morgan fingerprint density at radius 1 is 1.29 bits per heavy atom. The maximum atomic E-state index is 12.4. The smallest absolute Gasteiger partial charge is 0.301 e. The molecule has 121 valence electrons. The van der Waals surface area contributed by atoms with Crippen LogP contribution in [0.3, 0.4) is 0 Å². The van der Waals surface area contributed by atoms with Gasteiger partial charge in [-0.15, -0.1) is 0 Å². The fourth-order valence-electron chi connectivity index (χ4n) is 2.52. The maximum absolute atomic E-state index is 12.4. The van der Waals surface area contributed by atoms with Gasteiger partial charge in [-0.3, -0.25) is 9.59 Å². The molecule has 1 aromatic carbocycles. The van der Waals surface area contributed by atoms with Gasteiger partial charge in [-0.2, -0.15) is 4.37 Å². The van der Waals surface area contributed by atoms with E-state index in [1.165, 1.54) is 22.2 Å². The number of nitrogens with zero attached hydrogens (tertiary/aromatic N) is 3. The monoisotopic (exact) mass is 340 g/mol. The molecule has 0 unspecified atom stereocenters. The minimum absolute atomic E-state index is 0.0787. The Morgan fingerprint density at radius 2 is 2.04 bits per heavy atom. The fourth-order valence-corrected chi connectivity index (χ4v) is 3.29. The molecule has 1 radical (unpaired) electrons. The zero-order chi connectivity index (χ0) is 17.4. The van der Waals surface area contributed by atoms with E-state index in [2.05, 4.69) is 4.37 Å². The average Bonchev–Trinajstić information content (AvgIpc) is 2.96. The Labute approximate surface area is 142 Å². The van der Waals surface area contributed by atoms with Crippen molar-refractivity contribution in [2.24, 2.45) is 7.05 Å². The quantitative estimate of drug-likeness (QED) is 0.536. The van der Waals surface area contributed by atoms with Crippen LogP contribution in [0, 0.1) is 6.92 Å². The summed E-state index contributed by atoms with van der Waals surface area (Å²) in [6.45, 7) is 3.52. The molecule has 6 nitrogen and oxygen atoms in total. The summed E-state index contributed by atoms with van der Waals surface area (Å²) < 4.78 is 7.58. The maximum Gasteiger partial charge on any atom is 0.335 e. The van der Waals surface area contributed by atoms with Crippen LogP contribution in [-0.4, -0.2) is 26.6 Å². The van der Waals surface area contributed by atoms with Crippen molar-refractivity contribution in [3.05, 3.63) is 56.5 Å². The molecule has 0 spiro atoms. The molecule has 0 atom stereocenters. The van der Waals surface area contributed by atoms with Crippen molar-refractivity contribution in [2.75, 3.05) is 0 Å². The first-order valence-corrected chi connectivity index (χ1v) is 8.22. The molecule has 0 aliphatic rings. The van der Waals surface area contributed by atoms with E-state index in [1.54, 1.807) is 39.5 Å². The number of carbonyl (C=O) groups excluding carboxylic acids is 1. The average molecular weight is 340 g/mol. The molecule has 0 aliphatic carbocycles. The van der Waals surface area contributed by atoms with Crippen molar-refractivity contribution in [1.29, 1.82) is 0 Å². The van der Waals surface area contributed by atoms with Gasteiger partial charge in [0.05, 0.1) is 10.4 Å². The van der Waals surface area contributed by atoms with E-state index < -0.39 is 11.2 Å². The van der Waals surface area contributed by atoms with Crippen LogP contribution in [0.1, 0.15) is 16.2 Å². The van der Waals surface area contributed by atoms with Crippen LogP contribution in [0.25, 0.3) is 15.8 Å². The Hall–Kier alpha value is -2.48. The van der Waals surface area contributed by atoms with Crippen LogP contribution in [-0.2, 0) is 7.05 Å². The second-order valence-corrected chi connectivity index (χ2v) is 6.35. The number of Topliss-reactive ketones (excluding diaryl/α,β-unsaturated/α-hetero) is 1. The number of hydrogen-bond donors (Lipinski definition) is 0. The summed E-state index contributed by atoms with van der Waals surface area (Å²) in [5, 5.41) is 0.666. The molecule has 0 aliphatic heterocycles. The second kappa shape index (κ2) is 6.20. The number of aromatic nitrogens is 3. The molecule has 0 amide bonds. The molecule has 2 heterocycles. The lowest BCUT2D eigenvalue weighted by molar-refractivity contribution is 0.101. The van der Waals surface area contributed by atoms with Gasteiger partial charge in [0.25, 0.3) is 5.56 Å². The topological polar surface area (TPSA) is 74.0 Å². The largest absolute Gasteiger partial charge is 0.335 e. The van der Waals surface area contributed by atoms with E-state index in [1.807, 2.05) is 6.82 Å². The van der Waals surface area contributed by atoms with Crippen molar-refractivity contribution < 1.29 is 4.79 Å². The highest BCUT2D eigenvalue weighted by Crippen LogP contribution is 2.25. The predicted molar refractivity (Wildman–Crippen MR) is 96.0 cm³/mol. The summed E-state index contributed by atoms with van der Waals surface area (Å²) in [7, 11) is 3.39. The Kier molecular flexibility index (Phi) is 4.23. The number of benzene rings is 1. The third kappa shape index (κ3) is 2.62. The van der Waals surface area contributed by atoms with Crippen molar-refractivity contribution in [1.82, 2.24) is 13.5 Å². The van der Waals surface area contributed by atoms with Gasteiger partial charge in [0.2, 0.25) is 0 Å². The van der Waals surface area contributed by atoms with Gasteiger partial charge in [0, 0.05) is 24.2 Å². The SMILES string of the molecule is C[B]CC(=O)c1nsc2ccc(-n3c(=O)cc(C)n(C)c3=O)cc12. The molecular formula is C16H15BN3O3S. The van der Waals surface area contributed by atoms with Gasteiger partial charge in [0.1, 0.15) is 13.0 Å². The molecule has 0 saturated carbocycles. The molecular weight excluding hydrogens is 325 g/mol. The van der Waals surface area contributed by atoms with E-state index >= 15 is 0 Å². The fraction of sp³-hybridized carbons (Fsp3) is 0.250. The molecule has 0 bridgehead atoms. The first kappa shape index (κ1) is 16.4. The first-order chi connectivity index (χ1) is 11.4. The number of aryl methyl sites for hydroxylation is 1. The highest BCUT2D eigenvalue weighted by molar-refractivity contribution is 7.13. The Balaban J connectivity index is 2.24. The first-order valence-electron chi connectivity index (χ1n) is 7.44. The molecule has 8 heteroatoms. The summed E-state index contributed by atoms with van der Waals surface area (Å²) in [5.41, 5.74) is 0.592. The number of rotatable bonds is 4. The molecule has 0 fully saturated rings. The lowest BCUT2D eigenvalue weighted by Gasteiger charge is -2.09. The van der Waals surface area contributed by atoms with Crippen LogP contribution < -0.4 is 11.2 Å². The summed E-state index contributed by atoms with van der Waals surface area (Å²) in [4.78, 5) is 36.9. The van der Waals surface area contributed by atoms with Crippen LogP contribution >= 0.6 is 11.5 Å². The summed E-state index contributed by atoms with van der Waals surface area (Å²) in [6.07, 6.45) is 0.301. The van der Waals surface area contributed by atoms with Gasteiger partial charge in [0.15, 0.2) is 5.78 Å². The molecule has 3 aromatic rings. The summed E-state index contributed by atoms with van der Waals surface area (Å²) in [6, 6.07) is 6.56. The standard InChI is InChI=1S/C16H15BN3O3S/c1-9-6-14(22)20(16(23)19(9)3)10-4-5-13-11(7-10)15(18-24-13)12(21)8-17-2/h4-7H,8H2,1-3H3. The van der Waals surface area contributed by atoms with E-state index in [-0.39, 0.29) is 5.78 Å². The summed E-state index contributed by atoms with van der Waals surface area (Å²) >= 11 is 1.23. The predicted octanol–water partition coefficient (Wildman–Crippen LogP) is 1.81. The molecule has 0 N–H and O–H groups in total. The molecule has 3 rings (SSSR count). The zero-order valence-corrected chi connectivity index (χ0v) is 14.4. The van der Waals surface area contributed by atoms with Crippen molar-refractivity contribution in [2.45, 2.75) is 20.1 Å². The van der Waals surface area contributed by atoms with Crippen LogP contribution in [0.5, 0.6) is 0 Å². The van der Waals surface area contributed by atoms with Crippen molar-refractivity contribution in [3.8, 4) is 5.69 Å². The third-order valence-corrected chi connectivity index (χ3v) is 4.75. The highest BCUT2D eigenvalue weighted by Gasteiger charge is 2.16. The van der Waals surface area contributed by atoms with Gasteiger partial charge < -0.3 is 4.57 Å².